The van der Waals surface area contributed by atoms with E-state index in [2.05, 4.69) is 45.0 Å². The lowest BCUT2D eigenvalue weighted by atomic mass is 9.73. The van der Waals surface area contributed by atoms with Crippen molar-refractivity contribution in [1.82, 2.24) is 0 Å². The Bertz CT molecular complexity index is 465. The molecule has 0 nitrogen and oxygen atoms in total. The van der Waals surface area contributed by atoms with E-state index in [1.54, 1.807) is 22.3 Å². The number of rotatable bonds is 1. The van der Waals surface area contributed by atoms with Gasteiger partial charge in [0.15, 0.2) is 0 Å². The van der Waals surface area contributed by atoms with Gasteiger partial charge in [-0.25, -0.2) is 0 Å². The van der Waals surface area contributed by atoms with Gasteiger partial charge in [-0.15, -0.1) is 0 Å². The van der Waals surface area contributed by atoms with Crippen LogP contribution in [0.1, 0.15) is 44.7 Å². The van der Waals surface area contributed by atoms with E-state index in [0.717, 1.165) is 17.8 Å². The highest BCUT2D eigenvalue weighted by Gasteiger charge is 2.34. The average molecular weight is 226 g/mol. The van der Waals surface area contributed by atoms with E-state index >= 15 is 0 Å². The van der Waals surface area contributed by atoms with Gasteiger partial charge in [0.1, 0.15) is 0 Å². The third-order valence-corrected chi connectivity index (χ3v) is 4.72. The fourth-order valence-electron chi connectivity index (χ4n) is 3.70. The highest BCUT2D eigenvalue weighted by Crippen LogP contribution is 2.49. The number of fused-ring (bicyclic) bond motifs is 2. The zero-order chi connectivity index (χ0) is 12.0. The summed E-state index contributed by atoms with van der Waals surface area (Å²) in [5, 5.41) is 0. The largest absolute Gasteiger partial charge is 0.0622 e. The third kappa shape index (κ3) is 1.66. The van der Waals surface area contributed by atoms with Gasteiger partial charge in [-0.05, 0) is 53.7 Å². The molecule has 0 spiro atoms. The molecule has 0 aliphatic heterocycles. The SMILES string of the molecule is CC(C)[C@H]1CC[C@@H](C)C2=C1c1ccccc1C2. The van der Waals surface area contributed by atoms with E-state index in [1.807, 2.05) is 0 Å². The van der Waals surface area contributed by atoms with Crippen molar-refractivity contribution in [3.05, 3.63) is 41.0 Å². The molecule has 0 aromatic heterocycles. The maximum Gasteiger partial charge on any atom is -0.00522 e. The van der Waals surface area contributed by atoms with E-state index in [1.165, 1.54) is 19.3 Å². The first-order valence-corrected chi connectivity index (χ1v) is 6.99. The highest BCUT2D eigenvalue weighted by molar-refractivity contribution is 5.79. The molecule has 17 heavy (non-hydrogen) atoms. The number of benzene rings is 1. The fraction of sp³-hybridized carbons (Fsp3) is 0.529. The minimum absolute atomic E-state index is 0.777. The van der Waals surface area contributed by atoms with Crippen LogP contribution in [0, 0.1) is 17.8 Å². The van der Waals surface area contributed by atoms with Crippen LogP contribution in [0.5, 0.6) is 0 Å². The van der Waals surface area contributed by atoms with Crippen molar-refractivity contribution in [2.75, 3.05) is 0 Å². The predicted molar refractivity (Wildman–Crippen MR) is 73.8 cm³/mol. The summed E-state index contributed by atoms with van der Waals surface area (Å²) in [5.74, 6) is 2.37. The Morgan fingerprint density at radius 1 is 1.12 bits per heavy atom. The van der Waals surface area contributed by atoms with Crippen LogP contribution in [0.3, 0.4) is 0 Å². The summed E-state index contributed by atoms with van der Waals surface area (Å²) in [6.45, 7) is 7.18. The molecule has 1 aromatic carbocycles. The summed E-state index contributed by atoms with van der Waals surface area (Å²) in [6.07, 6.45) is 3.98. The highest BCUT2D eigenvalue weighted by atomic mass is 14.4. The van der Waals surface area contributed by atoms with Gasteiger partial charge in [-0.3, -0.25) is 0 Å². The summed E-state index contributed by atoms with van der Waals surface area (Å²) in [6, 6.07) is 9.04. The van der Waals surface area contributed by atoms with E-state index in [-0.39, 0.29) is 0 Å². The van der Waals surface area contributed by atoms with Crippen molar-refractivity contribution in [2.45, 2.75) is 40.0 Å². The molecule has 2 aliphatic carbocycles. The first-order chi connectivity index (χ1) is 8.18. The Balaban J connectivity index is 2.11. The van der Waals surface area contributed by atoms with Gasteiger partial charge >= 0.3 is 0 Å². The van der Waals surface area contributed by atoms with E-state index < -0.39 is 0 Å². The maximum atomic E-state index is 2.41. The normalized spacial score (nSPS) is 27.3. The van der Waals surface area contributed by atoms with Crippen molar-refractivity contribution in [1.29, 1.82) is 0 Å². The summed E-state index contributed by atoms with van der Waals surface area (Å²) in [4.78, 5) is 0. The van der Waals surface area contributed by atoms with Crippen LogP contribution in [-0.2, 0) is 6.42 Å². The molecule has 2 aliphatic rings. The second kappa shape index (κ2) is 4.01. The van der Waals surface area contributed by atoms with Gasteiger partial charge in [0.25, 0.3) is 0 Å². The van der Waals surface area contributed by atoms with Crippen molar-refractivity contribution in [2.24, 2.45) is 17.8 Å². The molecule has 2 atom stereocenters. The zero-order valence-electron chi connectivity index (χ0n) is 11.2. The average Bonchev–Trinajstić information content (AvgIpc) is 2.69. The summed E-state index contributed by atoms with van der Waals surface area (Å²) < 4.78 is 0. The monoisotopic (exact) mass is 226 g/mol. The van der Waals surface area contributed by atoms with Crippen molar-refractivity contribution in [3.63, 3.8) is 0 Å². The second-order valence-electron chi connectivity index (χ2n) is 6.10. The first-order valence-electron chi connectivity index (χ1n) is 6.99. The second-order valence-corrected chi connectivity index (χ2v) is 6.10. The first kappa shape index (κ1) is 11.1. The number of hydrogen-bond acceptors (Lipinski definition) is 0. The number of allylic oxidation sites excluding steroid dienone is 2. The Labute approximate surface area is 105 Å². The van der Waals surface area contributed by atoms with Gasteiger partial charge in [0.05, 0.1) is 0 Å². The summed E-state index contributed by atoms with van der Waals surface area (Å²) in [7, 11) is 0. The van der Waals surface area contributed by atoms with Crippen LogP contribution in [0.2, 0.25) is 0 Å². The maximum absolute atomic E-state index is 2.41. The molecule has 90 valence electrons. The molecule has 0 unspecified atom stereocenters. The number of hydrogen-bond donors (Lipinski definition) is 0. The molecule has 0 fully saturated rings. The van der Waals surface area contributed by atoms with E-state index in [0.29, 0.717) is 0 Å². The lowest BCUT2D eigenvalue weighted by molar-refractivity contribution is 0.387. The van der Waals surface area contributed by atoms with E-state index in [4.69, 9.17) is 0 Å². The summed E-state index contributed by atoms with van der Waals surface area (Å²) >= 11 is 0. The third-order valence-electron chi connectivity index (χ3n) is 4.72. The topological polar surface area (TPSA) is 0 Å². The standard InChI is InChI=1S/C17H22/c1-11(2)14-9-8-12(3)16-10-13-6-4-5-7-15(13)17(14)16/h4-7,11-12,14H,8-10H2,1-3H3/t12-,14-/m1/s1. The lowest BCUT2D eigenvalue weighted by Crippen LogP contribution is -2.19. The molecular formula is C17H22. The summed E-state index contributed by atoms with van der Waals surface area (Å²) in [5.41, 5.74) is 6.59. The smallest absolute Gasteiger partial charge is 0.00522 e. The molecule has 0 heterocycles. The Morgan fingerprint density at radius 2 is 1.88 bits per heavy atom. The Kier molecular flexibility index (Phi) is 2.61. The van der Waals surface area contributed by atoms with Gasteiger partial charge in [-0.1, -0.05) is 50.6 Å². The minimum atomic E-state index is 0.777. The van der Waals surface area contributed by atoms with Crippen LogP contribution < -0.4 is 0 Å². The van der Waals surface area contributed by atoms with Crippen molar-refractivity contribution < 1.29 is 0 Å². The van der Waals surface area contributed by atoms with Gasteiger partial charge < -0.3 is 0 Å². The Hall–Kier alpha value is -1.04. The molecule has 0 heteroatoms. The predicted octanol–water partition coefficient (Wildman–Crippen LogP) is 4.70. The molecule has 0 amide bonds. The van der Waals surface area contributed by atoms with Crippen LogP contribution in [0.15, 0.2) is 29.8 Å². The Morgan fingerprint density at radius 3 is 2.65 bits per heavy atom. The van der Waals surface area contributed by atoms with Crippen LogP contribution in [0.4, 0.5) is 0 Å². The van der Waals surface area contributed by atoms with Crippen LogP contribution in [0.25, 0.3) is 5.57 Å². The van der Waals surface area contributed by atoms with Crippen molar-refractivity contribution >= 4 is 5.57 Å². The van der Waals surface area contributed by atoms with E-state index in [9.17, 15) is 0 Å². The van der Waals surface area contributed by atoms with Crippen LogP contribution in [-0.4, -0.2) is 0 Å². The van der Waals surface area contributed by atoms with Crippen LogP contribution >= 0.6 is 0 Å². The molecule has 1 aromatic rings. The molecule has 0 radical (unpaired) electrons. The van der Waals surface area contributed by atoms with Gasteiger partial charge in [0, 0.05) is 0 Å². The van der Waals surface area contributed by atoms with Crippen molar-refractivity contribution in [3.8, 4) is 0 Å². The quantitative estimate of drug-likeness (QED) is 0.651. The molecule has 3 rings (SSSR count). The zero-order valence-corrected chi connectivity index (χ0v) is 11.2. The molecule has 0 saturated carbocycles. The molecule has 0 bridgehead atoms. The fourth-order valence-corrected chi connectivity index (χ4v) is 3.70. The minimum Gasteiger partial charge on any atom is -0.0622 e. The molecular weight excluding hydrogens is 204 g/mol. The van der Waals surface area contributed by atoms with Gasteiger partial charge in [0.2, 0.25) is 0 Å². The van der Waals surface area contributed by atoms with Gasteiger partial charge in [-0.2, -0.15) is 0 Å². The lowest BCUT2D eigenvalue weighted by Gasteiger charge is -2.32. The molecule has 0 N–H and O–H groups in total. The molecule has 0 saturated heterocycles.